The zero-order valence-corrected chi connectivity index (χ0v) is 14.9. The molecule has 1 saturated heterocycles. The molecule has 0 bridgehead atoms. The number of nitrogens with zero attached hydrogens (tertiary/aromatic N) is 3. The number of aromatic nitrogens is 1. The van der Waals surface area contributed by atoms with Gasteiger partial charge in [0.2, 0.25) is 5.88 Å². The molecule has 0 spiro atoms. The third-order valence-electron chi connectivity index (χ3n) is 4.32. The summed E-state index contributed by atoms with van der Waals surface area (Å²) in [7, 11) is 0. The summed E-state index contributed by atoms with van der Waals surface area (Å²) < 4.78 is 5.90. The molecule has 2 heterocycles. The number of hydrogen-bond donors (Lipinski definition) is 0. The van der Waals surface area contributed by atoms with Crippen molar-refractivity contribution in [3.63, 3.8) is 0 Å². The zero-order chi connectivity index (χ0) is 16.8. The minimum atomic E-state index is 0.668. The molecule has 0 radical (unpaired) electrons. The largest absolute Gasteiger partial charge is 0.477 e. The van der Waals surface area contributed by atoms with Crippen LogP contribution >= 0.6 is 11.3 Å². The number of rotatable bonds is 6. The Bertz CT molecular complexity index is 696. The maximum atomic E-state index is 8.88. The minimum Gasteiger partial charge on any atom is -0.477 e. The van der Waals surface area contributed by atoms with Gasteiger partial charge >= 0.3 is 0 Å². The third-order valence-corrected chi connectivity index (χ3v) is 5.32. The van der Waals surface area contributed by atoms with Crippen LogP contribution in [0.3, 0.4) is 0 Å². The summed E-state index contributed by atoms with van der Waals surface area (Å²) in [5.41, 5.74) is 1.70. The van der Waals surface area contributed by atoms with Gasteiger partial charge in [-0.1, -0.05) is 18.6 Å². The number of thiazole rings is 1. The third kappa shape index (κ3) is 4.34. The van der Waals surface area contributed by atoms with Gasteiger partial charge in [0.25, 0.3) is 0 Å². The molecule has 1 fully saturated rings. The van der Waals surface area contributed by atoms with Crippen LogP contribution in [-0.4, -0.2) is 36.1 Å². The van der Waals surface area contributed by atoms with Crippen molar-refractivity contribution in [3.8, 4) is 22.5 Å². The molecule has 0 atom stereocenters. The Morgan fingerprint density at radius 2 is 1.96 bits per heavy atom. The van der Waals surface area contributed by atoms with Crippen LogP contribution in [0.15, 0.2) is 24.3 Å². The fraction of sp³-hybridized carbons (Fsp3) is 0.474. The SMILES string of the molecule is Cc1sc(-c2ccc(C#N)cc2)nc1OCCCN1CCCCC1. The molecule has 1 aromatic carbocycles. The molecule has 1 aliphatic rings. The number of nitriles is 1. The minimum absolute atomic E-state index is 0.668. The highest BCUT2D eigenvalue weighted by Crippen LogP contribution is 2.31. The monoisotopic (exact) mass is 341 g/mol. The molecule has 0 unspecified atom stereocenters. The van der Waals surface area contributed by atoms with Gasteiger partial charge in [0.1, 0.15) is 5.01 Å². The van der Waals surface area contributed by atoms with Crippen molar-refractivity contribution in [2.75, 3.05) is 26.2 Å². The molecule has 2 aromatic rings. The maximum Gasteiger partial charge on any atom is 0.227 e. The van der Waals surface area contributed by atoms with Crippen LogP contribution in [0, 0.1) is 18.3 Å². The number of hydrogen-bond acceptors (Lipinski definition) is 5. The molecule has 4 nitrogen and oxygen atoms in total. The Morgan fingerprint density at radius 3 is 2.67 bits per heavy atom. The van der Waals surface area contributed by atoms with E-state index in [1.807, 2.05) is 31.2 Å². The Kier molecular flexibility index (Phi) is 5.84. The van der Waals surface area contributed by atoms with Crippen molar-refractivity contribution >= 4 is 11.3 Å². The van der Waals surface area contributed by atoms with E-state index in [2.05, 4.69) is 16.0 Å². The van der Waals surface area contributed by atoms with E-state index >= 15 is 0 Å². The summed E-state index contributed by atoms with van der Waals surface area (Å²) >= 11 is 1.64. The lowest BCUT2D eigenvalue weighted by molar-refractivity contribution is 0.203. The molecule has 5 heteroatoms. The molecule has 1 aliphatic heterocycles. The van der Waals surface area contributed by atoms with Gasteiger partial charge in [-0.15, -0.1) is 11.3 Å². The van der Waals surface area contributed by atoms with Gasteiger partial charge in [-0.25, -0.2) is 4.98 Å². The number of benzene rings is 1. The van der Waals surface area contributed by atoms with Crippen molar-refractivity contribution < 1.29 is 4.74 Å². The van der Waals surface area contributed by atoms with Crippen molar-refractivity contribution in [1.82, 2.24) is 9.88 Å². The van der Waals surface area contributed by atoms with Crippen LogP contribution in [0.25, 0.3) is 10.6 Å². The molecule has 0 N–H and O–H groups in total. The van der Waals surface area contributed by atoms with E-state index < -0.39 is 0 Å². The lowest BCUT2D eigenvalue weighted by atomic mass is 10.1. The van der Waals surface area contributed by atoms with E-state index in [0.717, 1.165) is 34.3 Å². The van der Waals surface area contributed by atoms with E-state index in [0.29, 0.717) is 12.2 Å². The lowest BCUT2D eigenvalue weighted by Gasteiger charge is -2.26. The Labute approximate surface area is 147 Å². The van der Waals surface area contributed by atoms with Gasteiger partial charge in [0, 0.05) is 12.1 Å². The van der Waals surface area contributed by atoms with Gasteiger partial charge < -0.3 is 9.64 Å². The van der Waals surface area contributed by atoms with Gasteiger partial charge in [0.15, 0.2) is 0 Å². The van der Waals surface area contributed by atoms with Crippen LogP contribution in [-0.2, 0) is 0 Å². The van der Waals surface area contributed by atoms with E-state index in [4.69, 9.17) is 10.00 Å². The van der Waals surface area contributed by atoms with Crippen LogP contribution < -0.4 is 4.74 Å². The van der Waals surface area contributed by atoms with Gasteiger partial charge in [-0.05, 0) is 51.4 Å². The number of aryl methyl sites for hydroxylation is 1. The summed E-state index contributed by atoms with van der Waals surface area (Å²) in [5.74, 6) is 0.748. The Balaban J connectivity index is 1.52. The van der Waals surface area contributed by atoms with Gasteiger partial charge in [0.05, 0.1) is 23.1 Å². The lowest BCUT2D eigenvalue weighted by Crippen LogP contribution is -2.31. The molecule has 0 amide bonds. The van der Waals surface area contributed by atoms with E-state index in [-0.39, 0.29) is 0 Å². The first-order valence-corrected chi connectivity index (χ1v) is 9.41. The molecule has 0 aliphatic carbocycles. The summed E-state index contributed by atoms with van der Waals surface area (Å²) in [4.78, 5) is 8.25. The van der Waals surface area contributed by atoms with Crippen LogP contribution in [0.5, 0.6) is 5.88 Å². The predicted octanol–water partition coefficient (Wildman–Crippen LogP) is 4.25. The molecule has 0 saturated carbocycles. The number of piperidine rings is 1. The summed E-state index contributed by atoms with van der Waals surface area (Å²) in [6.45, 7) is 6.35. The first-order valence-electron chi connectivity index (χ1n) is 8.59. The quantitative estimate of drug-likeness (QED) is 0.737. The highest BCUT2D eigenvalue weighted by Gasteiger charge is 2.12. The van der Waals surface area contributed by atoms with Gasteiger partial charge in [-0.2, -0.15) is 5.26 Å². The van der Waals surface area contributed by atoms with E-state index in [1.54, 1.807) is 11.3 Å². The smallest absolute Gasteiger partial charge is 0.227 e. The van der Waals surface area contributed by atoms with Crippen LogP contribution in [0.2, 0.25) is 0 Å². The Hall–Kier alpha value is -1.90. The van der Waals surface area contributed by atoms with Crippen molar-refractivity contribution in [2.24, 2.45) is 0 Å². The molecule has 126 valence electrons. The highest BCUT2D eigenvalue weighted by molar-refractivity contribution is 7.15. The topological polar surface area (TPSA) is 49.1 Å². The fourth-order valence-corrected chi connectivity index (χ4v) is 3.83. The summed E-state index contributed by atoms with van der Waals surface area (Å²) in [6.07, 6.45) is 5.09. The standard InChI is InChI=1S/C19H23N3OS/c1-15-18(23-13-5-12-22-10-3-2-4-11-22)21-19(24-15)17-8-6-16(14-20)7-9-17/h6-9H,2-5,10-13H2,1H3. The average molecular weight is 341 g/mol. The van der Waals surface area contributed by atoms with Gasteiger partial charge in [-0.3, -0.25) is 0 Å². The second-order valence-corrected chi connectivity index (χ2v) is 7.38. The molecule has 1 aromatic heterocycles. The first-order chi connectivity index (χ1) is 11.8. The van der Waals surface area contributed by atoms with E-state index in [1.165, 1.54) is 32.4 Å². The maximum absolute atomic E-state index is 8.88. The first kappa shape index (κ1) is 16.9. The second-order valence-electron chi connectivity index (χ2n) is 6.17. The molecular formula is C19H23N3OS. The zero-order valence-electron chi connectivity index (χ0n) is 14.1. The average Bonchev–Trinajstić information content (AvgIpc) is 3.00. The number of likely N-dealkylation sites (tertiary alicyclic amines) is 1. The highest BCUT2D eigenvalue weighted by atomic mass is 32.1. The normalized spacial score (nSPS) is 15.2. The Morgan fingerprint density at radius 1 is 1.21 bits per heavy atom. The number of ether oxygens (including phenoxy) is 1. The fourth-order valence-electron chi connectivity index (χ4n) is 2.97. The molecular weight excluding hydrogens is 318 g/mol. The van der Waals surface area contributed by atoms with E-state index in [9.17, 15) is 0 Å². The van der Waals surface area contributed by atoms with Crippen molar-refractivity contribution in [3.05, 3.63) is 34.7 Å². The van der Waals surface area contributed by atoms with Crippen molar-refractivity contribution in [2.45, 2.75) is 32.6 Å². The summed E-state index contributed by atoms with van der Waals surface area (Å²) in [5, 5.41) is 9.82. The van der Waals surface area contributed by atoms with Crippen LogP contribution in [0.1, 0.15) is 36.1 Å². The second kappa shape index (κ2) is 8.27. The summed E-state index contributed by atoms with van der Waals surface area (Å²) in [6, 6.07) is 9.67. The van der Waals surface area contributed by atoms with Crippen molar-refractivity contribution in [1.29, 1.82) is 5.26 Å². The predicted molar refractivity (Wildman–Crippen MR) is 97.4 cm³/mol. The molecule has 24 heavy (non-hydrogen) atoms. The molecule has 3 rings (SSSR count). The van der Waals surface area contributed by atoms with Crippen LogP contribution in [0.4, 0.5) is 0 Å².